The van der Waals surface area contributed by atoms with E-state index in [1.165, 1.54) is 17.6 Å². The highest BCUT2D eigenvalue weighted by Crippen LogP contribution is 2.23. The van der Waals surface area contributed by atoms with Crippen LogP contribution < -0.4 is 0 Å². The van der Waals surface area contributed by atoms with Crippen molar-refractivity contribution < 1.29 is 9.53 Å². The van der Waals surface area contributed by atoms with E-state index in [0.717, 1.165) is 12.8 Å². The van der Waals surface area contributed by atoms with Crippen molar-refractivity contribution in [2.75, 3.05) is 7.11 Å². The molecule has 1 rings (SSSR count). The molecular weight excluding hydrogens is 208 g/mol. The molecular formula is C12H20O2S. The second-order valence-electron chi connectivity index (χ2n) is 2.96. The van der Waals surface area contributed by atoms with Crippen molar-refractivity contribution in [1.29, 1.82) is 0 Å². The van der Waals surface area contributed by atoms with E-state index in [0.29, 0.717) is 4.88 Å². The van der Waals surface area contributed by atoms with E-state index in [1.54, 1.807) is 11.3 Å². The number of esters is 1. The highest BCUT2D eigenvalue weighted by atomic mass is 32.1. The Hall–Kier alpha value is -0.830. The lowest BCUT2D eigenvalue weighted by molar-refractivity contribution is 0.0606. The van der Waals surface area contributed by atoms with Crippen molar-refractivity contribution in [3.8, 4) is 0 Å². The number of methoxy groups -OCH3 is 1. The summed E-state index contributed by atoms with van der Waals surface area (Å²) in [5.74, 6) is -0.226. The van der Waals surface area contributed by atoms with Gasteiger partial charge in [0.15, 0.2) is 0 Å². The minimum atomic E-state index is -0.226. The molecule has 15 heavy (non-hydrogen) atoms. The van der Waals surface area contributed by atoms with Crippen LogP contribution in [-0.4, -0.2) is 13.1 Å². The Balaban J connectivity index is 0.000000921. The van der Waals surface area contributed by atoms with E-state index in [-0.39, 0.29) is 5.97 Å². The zero-order chi connectivity index (χ0) is 11.8. The van der Waals surface area contributed by atoms with E-state index in [2.05, 4.69) is 11.7 Å². The quantitative estimate of drug-likeness (QED) is 0.735. The van der Waals surface area contributed by atoms with Gasteiger partial charge >= 0.3 is 5.97 Å². The second-order valence-corrected chi connectivity index (χ2v) is 4.10. The molecule has 1 heterocycles. The van der Waals surface area contributed by atoms with Gasteiger partial charge in [-0.25, -0.2) is 4.79 Å². The van der Waals surface area contributed by atoms with E-state index in [9.17, 15) is 4.79 Å². The Kier molecular flexibility index (Phi) is 7.05. The van der Waals surface area contributed by atoms with Gasteiger partial charge in [-0.15, -0.1) is 11.3 Å². The summed E-state index contributed by atoms with van der Waals surface area (Å²) in [7, 11) is 1.41. The molecule has 0 aliphatic rings. The minimum Gasteiger partial charge on any atom is -0.465 e. The van der Waals surface area contributed by atoms with Crippen LogP contribution in [0.15, 0.2) is 6.07 Å². The van der Waals surface area contributed by atoms with Crippen LogP contribution in [0, 0.1) is 6.92 Å². The first-order valence-electron chi connectivity index (χ1n) is 5.36. The molecule has 0 atom stereocenters. The van der Waals surface area contributed by atoms with Crippen molar-refractivity contribution >= 4 is 17.3 Å². The standard InChI is InChI=1S/C10H14O2S.C2H6/c1-4-5-8-7(2)6-9(13-8)10(11)12-3;1-2/h6H,4-5H2,1-3H3;1-2H3. The zero-order valence-electron chi connectivity index (χ0n) is 10.2. The van der Waals surface area contributed by atoms with Gasteiger partial charge in [0.05, 0.1) is 7.11 Å². The lowest BCUT2D eigenvalue weighted by atomic mass is 10.2. The maximum atomic E-state index is 11.2. The van der Waals surface area contributed by atoms with Crippen molar-refractivity contribution in [2.24, 2.45) is 0 Å². The molecule has 0 saturated carbocycles. The fourth-order valence-electron chi connectivity index (χ4n) is 1.20. The van der Waals surface area contributed by atoms with Crippen molar-refractivity contribution in [1.82, 2.24) is 0 Å². The van der Waals surface area contributed by atoms with Gasteiger partial charge < -0.3 is 4.74 Å². The lowest BCUT2D eigenvalue weighted by Crippen LogP contribution is -1.96. The Morgan fingerprint density at radius 2 is 2.07 bits per heavy atom. The Labute approximate surface area is 96.3 Å². The molecule has 2 nitrogen and oxygen atoms in total. The van der Waals surface area contributed by atoms with E-state index in [1.807, 2.05) is 26.8 Å². The summed E-state index contributed by atoms with van der Waals surface area (Å²) in [6, 6.07) is 1.90. The number of rotatable bonds is 3. The molecule has 0 fully saturated rings. The van der Waals surface area contributed by atoms with Crippen LogP contribution in [0.1, 0.15) is 47.3 Å². The molecule has 0 spiro atoms. The summed E-state index contributed by atoms with van der Waals surface area (Å²) in [5.41, 5.74) is 1.20. The fourth-order valence-corrected chi connectivity index (χ4v) is 2.39. The summed E-state index contributed by atoms with van der Waals surface area (Å²) < 4.78 is 4.65. The summed E-state index contributed by atoms with van der Waals surface area (Å²) in [4.78, 5) is 13.2. The third-order valence-corrected chi connectivity index (χ3v) is 3.16. The number of carbonyl (C=O) groups excluding carboxylic acids is 1. The van der Waals surface area contributed by atoms with E-state index < -0.39 is 0 Å². The van der Waals surface area contributed by atoms with Gasteiger partial charge in [-0.1, -0.05) is 27.2 Å². The molecule has 0 amide bonds. The molecule has 0 radical (unpaired) electrons. The van der Waals surface area contributed by atoms with Crippen LogP contribution in [-0.2, 0) is 11.2 Å². The number of ether oxygens (including phenoxy) is 1. The smallest absolute Gasteiger partial charge is 0.348 e. The molecule has 0 saturated heterocycles. The lowest BCUT2D eigenvalue weighted by Gasteiger charge is -1.93. The molecule has 0 bridgehead atoms. The maximum absolute atomic E-state index is 11.2. The molecule has 0 aliphatic heterocycles. The van der Waals surface area contributed by atoms with Crippen LogP contribution >= 0.6 is 11.3 Å². The summed E-state index contributed by atoms with van der Waals surface area (Å²) in [6.45, 7) is 8.17. The molecule has 3 heteroatoms. The van der Waals surface area contributed by atoms with Crippen molar-refractivity contribution in [3.05, 3.63) is 21.4 Å². The number of thiophene rings is 1. The number of aryl methyl sites for hydroxylation is 2. The van der Waals surface area contributed by atoms with Gasteiger partial charge in [0.25, 0.3) is 0 Å². The molecule has 0 aromatic carbocycles. The van der Waals surface area contributed by atoms with Crippen LogP contribution in [0.4, 0.5) is 0 Å². The first-order chi connectivity index (χ1) is 7.19. The van der Waals surface area contributed by atoms with Gasteiger partial charge in [0.2, 0.25) is 0 Å². The van der Waals surface area contributed by atoms with Crippen LogP contribution in [0.25, 0.3) is 0 Å². The Morgan fingerprint density at radius 3 is 2.53 bits per heavy atom. The normalized spacial score (nSPS) is 9.13. The number of hydrogen-bond acceptors (Lipinski definition) is 3. The highest BCUT2D eigenvalue weighted by Gasteiger charge is 2.11. The van der Waals surface area contributed by atoms with Gasteiger partial charge in [0, 0.05) is 4.88 Å². The Morgan fingerprint density at radius 1 is 1.47 bits per heavy atom. The molecule has 0 unspecified atom stereocenters. The first kappa shape index (κ1) is 14.2. The average molecular weight is 228 g/mol. The zero-order valence-corrected chi connectivity index (χ0v) is 11.0. The molecule has 86 valence electrons. The number of carbonyl (C=O) groups is 1. The van der Waals surface area contributed by atoms with Crippen molar-refractivity contribution in [3.63, 3.8) is 0 Å². The summed E-state index contributed by atoms with van der Waals surface area (Å²) in [6.07, 6.45) is 2.16. The predicted octanol–water partition coefficient (Wildman–Crippen LogP) is 3.82. The minimum absolute atomic E-state index is 0.226. The number of hydrogen-bond donors (Lipinski definition) is 0. The second kappa shape index (κ2) is 7.46. The first-order valence-corrected chi connectivity index (χ1v) is 6.18. The molecule has 0 N–H and O–H groups in total. The van der Waals surface area contributed by atoms with E-state index >= 15 is 0 Å². The van der Waals surface area contributed by atoms with Crippen molar-refractivity contribution in [2.45, 2.75) is 40.5 Å². The summed E-state index contributed by atoms with van der Waals surface area (Å²) in [5, 5.41) is 0. The largest absolute Gasteiger partial charge is 0.465 e. The SMILES string of the molecule is CC.CCCc1sc(C(=O)OC)cc1C. The van der Waals surface area contributed by atoms with E-state index in [4.69, 9.17) is 0 Å². The van der Waals surface area contributed by atoms with Crippen LogP contribution in [0.3, 0.4) is 0 Å². The van der Waals surface area contributed by atoms with Gasteiger partial charge in [-0.3, -0.25) is 0 Å². The monoisotopic (exact) mass is 228 g/mol. The third kappa shape index (κ3) is 4.04. The third-order valence-electron chi connectivity index (χ3n) is 1.88. The Bertz CT molecular complexity index is 303. The molecule has 1 aromatic rings. The fraction of sp³-hybridized carbons (Fsp3) is 0.583. The van der Waals surface area contributed by atoms with Gasteiger partial charge in [0.1, 0.15) is 4.88 Å². The van der Waals surface area contributed by atoms with Crippen LogP contribution in [0.5, 0.6) is 0 Å². The molecule has 1 aromatic heterocycles. The molecule has 0 aliphatic carbocycles. The average Bonchev–Trinajstić information content (AvgIpc) is 2.63. The topological polar surface area (TPSA) is 26.3 Å². The van der Waals surface area contributed by atoms with Gasteiger partial charge in [-0.05, 0) is 25.0 Å². The summed E-state index contributed by atoms with van der Waals surface area (Å²) >= 11 is 1.54. The van der Waals surface area contributed by atoms with Crippen LogP contribution in [0.2, 0.25) is 0 Å². The maximum Gasteiger partial charge on any atom is 0.348 e. The predicted molar refractivity (Wildman–Crippen MR) is 65.7 cm³/mol. The highest BCUT2D eigenvalue weighted by molar-refractivity contribution is 7.14. The van der Waals surface area contributed by atoms with Gasteiger partial charge in [-0.2, -0.15) is 0 Å².